The van der Waals surface area contributed by atoms with E-state index in [-0.39, 0.29) is 17.3 Å². The second-order valence-corrected chi connectivity index (χ2v) is 9.24. The molecule has 29 heavy (non-hydrogen) atoms. The van der Waals surface area contributed by atoms with Crippen molar-refractivity contribution in [3.63, 3.8) is 0 Å². The zero-order valence-corrected chi connectivity index (χ0v) is 18.7. The van der Waals surface area contributed by atoms with E-state index in [1.807, 2.05) is 33.8 Å². The van der Waals surface area contributed by atoms with Crippen LogP contribution in [0.5, 0.6) is 0 Å². The average Bonchev–Trinajstić information content (AvgIpc) is 2.79. The fourth-order valence-corrected chi connectivity index (χ4v) is 2.67. The monoisotopic (exact) mass is 419 g/mol. The minimum atomic E-state index is -0.684. The van der Waals surface area contributed by atoms with E-state index >= 15 is 0 Å². The van der Waals surface area contributed by atoms with Gasteiger partial charge in [0.15, 0.2) is 0 Å². The molecule has 1 aromatic rings. The van der Waals surface area contributed by atoms with Gasteiger partial charge in [-0.2, -0.15) is 5.26 Å². The quantitative estimate of drug-likeness (QED) is 0.582. The Bertz CT molecular complexity index is 840. The standard InChI is InChI=1S/C20H27BClN3O4/c1-18(2,3)27-17(26)25-12-15(21-28-19(4,5)20(6,7)29-21)9-13-8-14(10-23)16(22)24-11-13/h8-9,11H,12H2,1-7H3,(H,25,26). The number of nitrogens with zero attached hydrogens (tertiary/aromatic N) is 2. The van der Waals surface area contributed by atoms with Crippen LogP contribution in [0.4, 0.5) is 4.79 Å². The summed E-state index contributed by atoms with van der Waals surface area (Å²) in [4.78, 5) is 16.2. The van der Waals surface area contributed by atoms with Crippen LogP contribution < -0.4 is 5.32 Å². The van der Waals surface area contributed by atoms with Crippen molar-refractivity contribution in [2.75, 3.05) is 6.54 Å². The summed E-state index contributed by atoms with van der Waals surface area (Å²) >= 11 is 5.92. The van der Waals surface area contributed by atoms with E-state index in [0.717, 1.165) is 0 Å². The van der Waals surface area contributed by atoms with Crippen molar-refractivity contribution in [3.8, 4) is 6.07 Å². The van der Waals surface area contributed by atoms with Crippen LogP contribution in [0.3, 0.4) is 0 Å². The van der Waals surface area contributed by atoms with E-state index in [1.165, 1.54) is 0 Å². The predicted octanol–water partition coefficient (Wildman–Crippen LogP) is 4.15. The molecule has 1 aliphatic rings. The normalized spacial score (nSPS) is 18.3. The Labute approximate surface area is 177 Å². The second kappa shape index (κ2) is 8.35. The lowest BCUT2D eigenvalue weighted by molar-refractivity contribution is 0.00578. The highest BCUT2D eigenvalue weighted by atomic mass is 35.5. The van der Waals surface area contributed by atoms with E-state index in [1.54, 1.807) is 39.1 Å². The van der Waals surface area contributed by atoms with Gasteiger partial charge >= 0.3 is 13.2 Å². The van der Waals surface area contributed by atoms with Gasteiger partial charge < -0.3 is 19.4 Å². The van der Waals surface area contributed by atoms with Crippen molar-refractivity contribution in [2.45, 2.75) is 65.3 Å². The molecule has 0 aromatic carbocycles. The lowest BCUT2D eigenvalue weighted by Gasteiger charge is -2.32. The number of amides is 1. The molecule has 0 aliphatic carbocycles. The van der Waals surface area contributed by atoms with Gasteiger partial charge in [-0.25, -0.2) is 9.78 Å². The molecule has 2 rings (SSSR count). The zero-order valence-electron chi connectivity index (χ0n) is 17.9. The molecule has 1 aliphatic heterocycles. The van der Waals surface area contributed by atoms with Crippen molar-refractivity contribution in [2.24, 2.45) is 0 Å². The van der Waals surface area contributed by atoms with Crippen molar-refractivity contribution in [1.82, 2.24) is 10.3 Å². The van der Waals surface area contributed by atoms with Crippen LogP contribution in [-0.4, -0.2) is 41.5 Å². The first-order valence-corrected chi connectivity index (χ1v) is 9.70. The van der Waals surface area contributed by atoms with Gasteiger partial charge in [0.25, 0.3) is 0 Å². The number of nitriles is 1. The number of nitrogens with one attached hydrogen (secondary N) is 1. The fraction of sp³-hybridized carbons (Fsp3) is 0.550. The first-order valence-electron chi connectivity index (χ1n) is 9.33. The SMILES string of the molecule is CC(C)(C)OC(=O)NCC(=Cc1cnc(Cl)c(C#N)c1)B1OC(C)(C)C(C)(C)O1. The summed E-state index contributed by atoms with van der Waals surface area (Å²) in [5.41, 5.74) is -0.143. The molecule has 9 heteroatoms. The molecule has 0 bridgehead atoms. The van der Waals surface area contributed by atoms with Crippen LogP contribution in [0.2, 0.25) is 5.15 Å². The number of halogens is 1. The Morgan fingerprint density at radius 2 is 1.93 bits per heavy atom. The van der Waals surface area contributed by atoms with E-state index in [0.29, 0.717) is 11.0 Å². The largest absolute Gasteiger partial charge is 0.492 e. The average molecular weight is 420 g/mol. The van der Waals surface area contributed by atoms with Crippen LogP contribution in [0.1, 0.15) is 59.6 Å². The van der Waals surface area contributed by atoms with Crippen LogP contribution in [0, 0.1) is 11.3 Å². The third-order valence-corrected chi connectivity index (χ3v) is 5.03. The van der Waals surface area contributed by atoms with Crippen molar-refractivity contribution >= 4 is 30.9 Å². The first kappa shape index (κ1) is 23.2. The Morgan fingerprint density at radius 1 is 1.34 bits per heavy atom. The summed E-state index contributed by atoms with van der Waals surface area (Å²) in [7, 11) is -0.684. The Balaban J connectivity index is 2.31. The first-order chi connectivity index (χ1) is 13.2. The molecule has 0 saturated carbocycles. The van der Waals surface area contributed by atoms with Crippen molar-refractivity contribution in [1.29, 1.82) is 5.26 Å². The van der Waals surface area contributed by atoms with Crippen LogP contribution in [0.25, 0.3) is 6.08 Å². The number of carbonyl (C=O) groups excluding carboxylic acids is 1. The third-order valence-electron chi connectivity index (χ3n) is 4.72. The summed E-state index contributed by atoms with van der Waals surface area (Å²) in [6.07, 6.45) is 2.76. The highest BCUT2D eigenvalue weighted by molar-refractivity contribution is 6.56. The molecule has 1 fully saturated rings. The van der Waals surface area contributed by atoms with Crippen molar-refractivity contribution in [3.05, 3.63) is 34.0 Å². The lowest BCUT2D eigenvalue weighted by atomic mass is 9.77. The number of pyridine rings is 1. The molecule has 1 saturated heterocycles. The highest BCUT2D eigenvalue weighted by Crippen LogP contribution is 2.38. The minimum Gasteiger partial charge on any atom is -0.444 e. The number of aromatic nitrogens is 1. The lowest BCUT2D eigenvalue weighted by Crippen LogP contribution is -2.41. The van der Waals surface area contributed by atoms with Gasteiger partial charge in [-0.05, 0) is 65.6 Å². The van der Waals surface area contributed by atoms with E-state index in [2.05, 4.69) is 10.3 Å². The minimum absolute atomic E-state index is 0.133. The summed E-state index contributed by atoms with van der Waals surface area (Å²) in [6, 6.07) is 3.62. The molecule has 2 heterocycles. The third kappa shape index (κ3) is 5.95. The molecule has 0 atom stereocenters. The van der Waals surface area contributed by atoms with Gasteiger partial charge in [-0.15, -0.1) is 0 Å². The number of carbonyl (C=O) groups is 1. The number of rotatable bonds is 4. The smallest absolute Gasteiger partial charge is 0.444 e. The van der Waals surface area contributed by atoms with Crippen molar-refractivity contribution < 1.29 is 18.8 Å². The molecule has 0 unspecified atom stereocenters. The summed E-state index contributed by atoms with van der Waals surface area (Å²) in [6.45, 7) is 13.3. The maximum atomic E-state index is 12.1. The van der Waals surface area contributed by atoms with Gasteiger partial charge in [0.1, 0.15) is 16.8 Å². The van der Waals surface area contributed by atoms with E-state index in [9.17, 15) is 10.1 Å². The molecule has 1 amide bonds. The van der Waals surface area contributed by atoms with Crippen LogP contribution in [0.15, 0.2) is 17.7 Å². The molecule has 7 nitrogen and oxygen atoms in total. The number of ether oxygens (including phenoxy) is 1. The van der Waals surface area contributed by atoms with Gasteiger partial charge in [0.2, 0.25) is 0 Å². The van der Waals surface area contributed by atoms with Gasteiger partial charge in [0.05, 0.1) is 16.8 Å². The van der Waals surface area contributed by atoms with Gasteiger partial charge in [-0.3, -0.25) is 0 Å². The molecule has 1 N–H and O–H groups in total. The Morgan fingerprint density at radius 3 is 2.45 bits per heavy atom. The summed E-state index contributed by atoms with van der Waals surface area (Å²) in [5, 5.41) is 12.1. The Kier molecular flexibility index (Phi) is 6.68. The molecular formula is C20H27BClN3O4. The topological polar surface area (TPSA) is 93.5 Å². The van der Waals surface area contributed by atoms with Gasteiger partial charge in [0, 0.05) is 12.7 Å². The summed E-state index contributed by atoms with van der Waals surface area (Å²) < 4.78 is 17.5. The maximum Gasteiger partial charge on any atom is 0.492 e. The fourth-order valence-electron chi connectivity index (χ4n) is 2.52. The number of hydrogen-bond donors (Lipinski definition) is 1. The zero-order chi connectivity index (χ0) is 22.0. The second-order valence-electron chi connectivity index (χ2n) is 8.88. The molecule has 1 aromatic heterocycles. The number of hydrogen-bond acceptors (Lipinski definition) is 6. The molecular weight excluding hydrogens is 393 g/mol. The molecule has 0 radical (unpaired) electrons. The van der Waals surface area contributed by atoms with Crippen LogP contribution >= 0.6 is 11.6 Å². The van der Waals surface area contributed by atoms with Crippen LogP contribution in [-0.2, 0) is 14.0 Å². The molecule has 156 valence electrons. The predicted molar refractivity (Wildman–Crippen MR) is 112 cm³/mol. The summed E-state index contributed by atoms with van der Waals surface area (Å²) in [5.74, 6) is 0. The van der Waals surface area contributed by atoms with E-state index < -0.39 is 30.0 Å². The molecule has 0 spiro atoms. The van der Waals surface area contributed by atoms with Gasteiger partial charge in [-0.1, -0.05) is 17.7 Å². The maximum absolute atomic E-state index is 12.1. The van der Waals surface area contributed by atoms with E-state index in [4.69, 9.17) is 25.6 Å². The highest BCUT2D eigenvalue weighted by Gasteiger charge is 2.52. The Hall–Kier alpha value is -2.08. The number of alkyl carbamates (subject to hydrolysis) is 1.